The van der Waals surface area contributed by atoms with Crippen molar-refractivity contribution in [3.63, 3.8) is 0 Å². The summed E-state index contributed by atoms with van der Waals surface area (Å²) in [6, 6.07) is 25.3. The summed E-state index contributed by atoms with van der Waals surface area (Å²) in [5, 5.41) is 3.12. The smallest absolute Gasteiger partial charge is 0.243 e. The van der Waals surface area contributed by atoms with Gasteiger partial charge in [0, 0.05) is 18.5 Å². The summed E-state index contributed by atoms with van der Waals surface area (Å²) in [4.78, 5) is 29.2. The predicted octanol–water partition coefficient (Wildman–Crippen LogP) is 5.40. The zero-order valence-electron chi connectivity index (χ0n) is 21.0. The zero-order chi connectivity index (χ0) is 24.7. The van der Waals surface area contributed by atoms with E-state index in [1.807, 2.05) is 113 Å². The molecule has 1 atom stereocenters. The fourth-order valence-corrected chi connectivity index (χ4v) is 4.05. The largest absolute Gasteiger partial charge is 0.350 e. The molecule has 0 heterocycles. The fourth-order valence-electron chi connectivity index (χ4n) is 4.05. The van der Waals surface area contributed by atoms with Crippen LogP contribution in [-0.2, 0) is 29.0 Å². The second-order valence-electron chi connectivity index (χ2n) is 10.00. The Morgan fingerprint density at radius 1 is 0.794 bits per heavy atom. The molecule has 0 unspecified atom stereocenters. The number of hydrogen-bond acceptors (Lipinski definition) is 2. The van der Waals surface area contributed by atoms with Crippen LogP contribution in [0.25, 0.3) is 0 Å². The third kappa shape index (κ3) is 7.05. The van der Waals surface area contributed by atoms with Crippen LogP contribution in [0, 0.1) is 13.8 Å². The molecule has 0 aliphatic carbocycles. The molecule has 4 nitrogen and oxygen atoms in total. The van der Waals surface area contributed by atoms with Crippen molar-refractivity contribution in [3.8, 4) is 0 Å². The van der Waals surface area contributed by atoms with Gasteiger partial charge in [-0.3, -0.25) is 9.59 Å². The van der Waals surface area contributed by atoms with Gasteiger partial charge in [-0.1, -0.05) is 78.9 Å². The van der Waals surface area contributed by atoms with Gasteiger partial charge < -0.3 is 10.2 Å². The summed E-state index contributed by atoms with van der Waals surface area (Å²) in [6.07, 6.45) is 0.709. The highest BCUT2D eigenvalue weighted by molar-refractivity contribution is 5.89. The van der Waals surface area contributed by atoms with E-state index in [9.17, 15) is 9.59 Å². The number of hydrogen-bond donors (Lipinski definition) is 1. The van der Waals surface area contributed by atoms with Crippen LogP contribution in [0.15, 0.2) is 78.9 Å². The van der Waals surface area contributed by atoms with Crippen molar-refractivity contribution in [1.82, 2.24) is 10.2 Å². The summed E-state index contributed by atoms with van der Waals surface area (Å²) in [6.45, 7) is 10.3. The van der Waals surface area contributed by atoms with E-state index in [1.54, 1.807) is 4.90 Å². The summed E-state index contributed by atoms with van der Waals surface area (Å²) >= 11 is 0. The molecular formula is C30H36N2O2. The van der Waals surface area contributed by atoms with E-state index < -0.39 is 11.6 Å². The lowest BCUT2D eigenvalue weighted by Gasteiger charge is -2.34. The Morgan fingerprint density at radius 2 is 1.32 bits per heavy atom. The molecule has 4 heteroatoms. The predicted molar refractivity (Wildman–Crippen MR) is 138 cm³/mol. The van der Waals surface area contributed by atoms with Crippen LogP contribution < -0.4 is 5.32 Å². The Morgan fingerprint density at radius 3 is 1.88 bits per heavy atom. The van der Waals surface area contributed by atoms with E-state index in [0.29, 0.717) is 13.0 Å². The highest BCUT2D eigenvalue weighted by atomic mass is 16.2. The Kier molecular flexibility index (Phi) is 8.27. The minimum absolute atomic E-state index is 0.0532. The normalized spacial score (nSPS) is 12.1. The van der Waals surface area contributed by atoms with E-state index in [0.717, 1.165) is 27.8 Å². The molecule has 0 radical (unpaired) electrons. The molecule has 1 N–H and O–H groups in total. The first-order valence-corrected chi connectivity index (χ1v) is 11.9. The highest BCUT2D eigenvalue weighted by Crippen LogP contribution is 2.20. The van der Waals surface area contributed by atoms with Gasteiger partial charge in [-0.2, -0.15) is 0 Å². The van der Waals surface area contributed by atoms with E-state index in [4.69, 9.17) is 0 Å². The van der Waals surface area contributed by atoms with Gasteiger partial charge in [0.2, 0.25) is 11.8 Å². The fraction of sp³-hybridized carbons (Fsp3) is 0.333. The zero-order valence-corrected chi connectivity index (χ0v) is 21.0. The van der Waals surface area contributed by atoms with Crippen LogP contribution in [0.1, 0.15) is 48.6 Å². The van der Waals surface area contributed by atoms with Crippen molar-refractivity contribution in [2.45, 2.75) is 65.6 Å². The van der Waals surface area contributed by atoms with E-state index in [-0.39, 0.29) is 18.2 Å². The quantitative estimate of drug-likeness (QED) is 0.493. The lowest BCUT2D eigenvalue weighted by molar-refractivity contribution is -0.141. The summed E-state index contributed by atoms with van der Waals surface area (Å²) < 4.78 is 0. The van der Waals surface area contributed by atoms with Crippen LogP contribution in [0.4, 0.5) is 0 Å². The Labute approximate surface area is 204 Å². The average Bonchev–Trinajstić information content (AvgIpc) is 2.78. The SMILES string of the molecule is Cc1ccccc1CC(=O)N(Cc1ccccc1C)[C@H](Cc1ccccc1)C(=O)NC(C)(C)C. The summed E-state index contributed by atoms with van der Waals surface area (Å²) in [5.41, 5.74) is 4.82. The first kappa shape index (κ1) is 25.2. The van der Waals surface area contributed by atoms with Gasteiger partial charge in [0.15, 0.2) is 0 Å². The number of rotatable bonds is 8. The van der Waals surface area contributed by atoms with Gasteiger partial charge in [-0.25, -0.2) is 0 Å². The molecule has 178 valence electrons. The van der Waals surface area contributed by atoms with Crippen LogP contribution in [0.3, 0.4) is 0 Å². The first-order valence-electron chi connectivity index (χ1n) is 11.9. The van der Waals surface area contributed by atoms with Crippen molar-refractivity contribution in [1.29, 1.82) is 0 Å². The second kappa shape index (κ2) is 11.1. The maximum atomic E-state index is 13.8. The molecule has 0 bridgehead atoms. The molecule has 34 heavy (non-hydrogen) atoms. The monoisotopic (exact) mass is 456 g/mol. The number of nitrogens with one attached hydrogen (secondary N) is 1. The molecule has 0 fully saturated rings. The average molecular weight is 457 g/mol. The molecule has 0 aliphatic rings. The van der Waals surface area contributed by atoms with Gasteiger partial charge in [-0.15, -0.1) is 0 Å². The van der Waals surface area contributed by atoms with Gasteiger partial charge in [0.05, 0.1) is 6.42 Å². The third-order valence-corrected chi connectivity index (χ3v) is 5.97. The third-order valence-electron chi connectivity index (χ3n) is 5.97. The van der Waals surface area contributed by atoms with Crippen LogP contribution in [-0.4, -0.2) is 28.3 Å². The molecule has 2 amide bonds. The minimum Gasteiger partial charge on any atom is -0.350 e. The molecule has 0 saturated heterocycles. The van der Waals surface area contributed by atoms with Gasteiger partial charge in [0.25, 0.3) is 0 Å². The number of benzene rings is 3. The Balaban J connectivity index is 2.01. The Hall–Kier alpha value is -3.40. The molecule has 0 aromatic heterocycles. The number of carbonyl (C=O) groups is 2. The molecule has 0 aliphatic heterocycles. The molecule has 0 spiro atoms. The number of aryl methyl sites for hydroxylation is 2. The van der Waals surface area contributed by atoms with E-state index in [2.05, 4.69) is 5.32 Å². The summed E-state index contributed by atoms with van der Waals surface area (Å²) in [5.74, 6) is -0.189. The van der Waals surface area contributed by atoms with Crippen LogP contribution >= 0.6 is 0 Å². The van der Waals surface area contributed by atoms with Crippen LogP contribution in [0.2, 0.25) is 0 Å². The molecule has 3 aromatic rings. The van der Waals surface area contributed by atoms with Crippen molar-refractivity contribution >= 4 is 11.8 Å². The molecular weight excluding hydrogens is 420 g/mol. The maximum absolute atomic E-state index is 13.8. The van der Waals surface area contributed by atoms with Crippen molar-refractivity contribution in [3.05, 3.63) is 107 Å². The lowest BCUT2D eigenvalue weighted by Crippen LogP contribution is -2.54. The first-order chi connectivity index (χ1) is 16.1. The lowest BCUT2D eigenvalue weighted by atomic mass is 9.98. The van der Waals surface area contributed by atoms with E-state index in [1.165, 1.54) is 0 Å². The van der Waals surface area contributed by atoms with Crippen LogP contribution in [0.5, 0.6) is 0 Å². The molecule has 3 aromatic carbocycles. The summed E-state index contributed by atoms with van der Waals surface area (Å²) in [7, 11) is 0. The molecule has 0 saturated carbocycles. The van der Waals surface area contributed by atoms with Gasteiger partial charge >= 0.3 is 0 Å². The Bertz CT molecular complexity index is 1120. The highest BCUT2D eigenvalue weighted by Gasteiger charge is 2.32. The van der Waals surface area contributed by atoms with Crippen molar-refractivity contribution in [2.75, 3.05) is 0 Å². The number of carbonyl (C=O) groups excluding carboxylic acids is 2. The van der Waals surface area contributed by atoms with Crippen molar-refractivity contribution in [2.24, 2.45) is 0 Å². The van der Waals surface area contributed by atoms with Gasteiger partial charge in [-0.05, 0) is 62.4 Å². The topological polar surface area (TPSA) is 49.4 Å². The van der Waals surface area contributed by atoms with E-state index >= 15 is 0 Å². The van der Waals surface area contributed by atoms with Gasteiger partial charge in [0.1, 0.15) is 6.04 Å². The molecule has 3 rings (SSSR count). The maximum Gasteiger partial charge on any atom is 0.243 e. The number of amides is 2. The van der Waals surface area contributed by atoms with Crippen molar-refractivity contribution < 1.29 is 9.59 Å². The minimum atomic E-state index is -0.627. The number of nitrogens with zero attached hydrogens (tertiary/aromatic N) is 1. The second-order valence-corrected chi connectivity index (χ2v) is 10.00. The standard InChI is InChI=1S/C30H36N2O2/c1-22-13-9-11-17-25(22)20-28(33)32(21-26-18-12-10-14-23(26)2)27(29(34)31-30(3,4)5)19-24-15-7-6-8-16-24/h6-18,27H,19-21H2,1-5H3,(H,31,34)/t27-/m1/s1.